The minimum atomic E-state index is -1.29. The Hall–Kier alpha value is -2.38. The molecule has 1 aliphatic heterocycles. The zero-order valence-corrected chi connectivity index (χ0v) is 17.5. The summed E-state index contributed by atoms with van der Waals surface area (Å²) in [5, 5.41) is 23.3. The second kappa shape index (κ2) is 11.7. The van der Waals surface area contributed by atoms with Crippen molar-refractivity contribution in [1.29, 1.82) is 0 Å². The third-order valence-corrected chi connectivity index (χ3v) is 5.12. The zero-order valence-electron chi connectivity index (χ0n) is 16.6. The number of nitrogens with zero attached hydrogens (tertiary/aromatic N) is 1. The standard InChI is InChI=1S/C17H29N5O7S/c1-8(23)13(19)15(26)20-9(4-5-12(18)24)16(27)22-6-2-3-11(22)14(25)21-10(7-30)17(28)29/h8-11,13,23,30H,2-7,19H2,1H3,(H2,18,24)(H,20,26)(H,21,25)(H,28,29). The van der Waals surface area contributed by atoms with Gasteiger partial charge in [0.15, 0.2) is 0 Å². The number of rotatable bonds is 11. The van der Waals surface area contributed by atoms with Crippen molar-refractivity contribution in [3.63, 3.8) is 0 Å². The van der Waals surface area contributed by atoms with E-state index in [9.17, 15) is 29.1 Å². The van der Waals surface area contributed by atoms with Gasteiger partial charge in [0, 0.05) is 18.7 Å². The second-order valence-corrected chi connectivity index (χ2v) is 7.47. The van der Waals surface area contributed by atoms with E-state index in [-0.39, 0.29) is 25.1 Å². The van der Waals surface area contributed by atoms with Gasteiger partial charge >= 0.3 is 5.97 Å². The van der Waals surface area contributed by atoms with Crippen molar-refractivity contribution in [2.24, 2.45) is 11.5 Å². The van der Waals surface area contributed by atoms with E-state index in [1.54, 1.807) is 0 Å². The van der Waals surface area contributed by atoms with Crippen LogP contribution in [0.2, 0.25) is 0 Å². The molecule has 0 saturated carbocycles. The largest absolute Gasteiger partial charge is 0.480 e. The van der Waals surface area contributed by atoms with Crippen LogP contribution in [0.3, 0.4) is 0 Å². The molecular weight excluding hydrogens is 418 g/mol. The van der Waals surface area contributed by atoms with Gasteiger partial charge in [-0.3, -0.25) is 19.2 Å². The number of aliphatic hydroxyl groups excluding tert-OH is 1. The summed E-state index contributed by atoms with van der Waals surface area (Å²) in [5.41, 5.74) is 10.7. The molecule has 1 aliphatic rings. The van der Waals surface area contributed by atoms with E-state index in [1.807, 2.05) is 0 Å². The number of nitrogens with two attached hydrogens (primary N) is 2. The lowest BCUT2D eigenvalue weighted by molar-refractivity contribution is -0.144. The molecule has 1 rings (SSSR count). The van der Waals surface area contributed by atoms with E-state index in [1.165, 1.54) is 11.8 Å². The van der Waals surface area contributed by atoms with E-state index in [0.717, 1.165) is 0 Å². The number of amides is 4. The molecule has 170 valence electrons. The summed E-state index contributed by atoms with van der Waals surface area (Å²) in [6.45, 7) is 1.52. The Balaban J connectivity index is 2.96. The van der Waals surface area contributed by atoms with E-state index in [0.29, 0.717) is 12.8 Å². The van der Waals surface area contributed by atoms with Crippen LogP contribution in [0.5, 0.6) is 0 Å². The van der Waals surface area contributed by atoms with Crippen LogP contribution in [0.15, 0.2) is 0 Å². The SMILES string of the molecule is CC(O)C(N)C(=O)NC(CCC(N)=O)C(=O)N1CCCC1C(=O)NC(CS)C(=O)O. The Morgan fingerprint density at radius 3 is 2.33 bits per heavy atom. The number of thiol groups is 1. The number of primary amides is 1. The van der Waals surface area contributed by atoms with Gasteiger partial charge in [0.1, 0.15) is 24.2 Å². The molecule has 8 N–H and O–H groups in total. The molecule has 1 fully saturated rings. The summed E-state index contributed by atoms with van der Waals surface area (Å²) in [4.78, 5) is 61.3. The van der Waals surface area contributed by atoms with Crippen LogP contribution in [-0.2, 0) is 24.0 Å². The predicted molar refractivity (Wildman–Crippen MR) is 108 cm³/mol. The molecule has 0 radical (unpaired) electrons. The minimum absolute atomic E-state index is 0.119. The van der Waals surface area contributed by atoms with E-state index in [2.05, 4.69) is 23.3 Å². The molecule has 1 saturated heterocycles. The average molecular weight is 448 g/mol. The molecule has 0 spiro atoms. The van der Waals surface area contributed by atoms with E-state index in [4.69, 9.17) is 16.6 Å². The molecule has 0 bridgehead atoms. The van der Waals surface area contributed by atoms with Crippen LogP contribution in [0, 0.1) is 0 Å². The van der Waals surface area contributed by atoms with Crippen molar-refractivity contribution in [1.82, 2.24) is 15.5 Å². The molecule has 0 aromatic rings. The first-order valence-electron chi connectivity index (χ1n) is 9.46. The summed E-state index contributed by atoms with van der Waals surface area (Å²) in [7, 11) is 0. The average Bonchev–Trinajstić information content (AvgIpc) is 3.17. The third-order valence-electron chi connectivity index (χ3n) is 4.75. The molecule has 5 atom stereocenters. The van der Waals surface area contributed by atoms with Gasteiger partial charge in [-0.25, -0.2) is 4.79 Å². The zero-order chi connectivity index (χ0) is 23.0. The molecule has 12 nitrogen and oxygen atoms in total. The lowest BCUT2D eigenvalue weighted by Crippen LogP contribution is -2.58. The normalized spacial score (nSPS) is 20.0. The molecule has 30 heavy (non-hydrogen) atoms. The first-order chi connectivity index (χ1) is 14.0. The summed E-state index contributed by atoms with van der Waals surface area (Å²) in [6, 6.07) is -4.63. The highest BCUT2D eigenvalue weighted by Crippen LogP contribution is 2.20. The number of aliphatic carboxylic acids is 1. The highest BCUT2D eigenvalue weighted by molar-refractivity contribution is 7.80. The monoisotopic (exact) mass is 447 g/mol. The number of carbonyl (C=O) groups is 5. The van der Waals surface area contributed by atoms with Crippen LogP contribution in [0.25, 0.3) is 0 Å². The molecule has 0 aliphatic carbocycles. The topological polar surface area (TPSA) is 205 Å². The number of hydrogen-bond donors (Lipinski definition) is 7. The number of aliphatic hydroxyl groups is 1. The fraction of sp³-hybridized carbons (Fsp3) is 0.706. The van der Waals surface area contributed by atoms with Crippen molar-refractivity contribution in [2.45, 2.75) is 62.9 Å². The Morgan fingerprint density at radius 1 is 1.20 bits per heavy atom. The van der Waals surface area contributed by atoms with Gasteiger partial charge in [-0.05, 0) is 26.2 Å². The summed E-state index contributed by atoms with van der Waals surface area (Å²) in [5.74, 6) is -4.14. The first-order valence-corrected chi connectivity index (χ1v) is 10.1. The lowest BCUT2D eigenvalue weighted by Gasteiger charge is -2.30. The molecule has 13 heteroatoms. The van der Waals surface area contributed by atoms with Crippen LogP contribution < -0.4 is 22.1 Å². The van der Waals surface area contributed by atoms with Crippen molar-refractivity contribution < 1.29 is 34.2 Å². The number of carboxylic acid groups (broad SMARTS) is 1. The number of carboxylic acids is 1. The fourth-order valence-electron chi connectivity index (χ4n) is 2.99. The second-order valence-electron chi connectivity index (χ2n) is 7.10. The summed E-state index contributed by atoms with van der Waals surface area (Å²) in [6.07, 6.45) is -0.694. The molecular formula is C17H29N5O7S. The minimum Gasteiger partial charge on any atom is -0.480 e. The molecule has 5 unspecified atom stereocenters. The van der Waals surface area contributed by atoms with Gasteiger partial charge in [0.2, 0.25) is 23.6 Å². The van der Waals surface area contributed by atoms with Gasteiger partial charge in [0.25, 0.3) is 0 Å². The van der Waals surface area contributed by atoms with Crippen LogP contribution in [-0.4, -0.2) is 87.3 Å². The quantitative estimate of drug-likeness (QED) is 0.161. The van der Waals surface area contributed by atoms with Gasteiger partial charge in [-0.1, -0.05) is 0 Å². The van der Waals surface area contributed by atoms with Crippen LogP contribution in [0.4, 0.5) is 0 Å². The Kier molecular flexibility index (Phi) is 10.0. The molecule has 4 amide bonds. The van der Waals surface area contributed by atoms with Crippen LogP contribution in [0.1, 0.15) is 32.6 Å². The highest BCUT2D eigenvalue weighted by atomic mass is 32.1. The van der Waals surface area contributed by atoms with E-state index >= 15 is 0 Å². The van der Waals surface area contributed by atoms with Crippen molar-refractivity contribution in [3.8, 4) is 0 Å². The maximum atomic E-state index is 13.0. The third kappa shape index (κ3) is 7.15. The first kappa shape index (κ1) is 25.7. The number of hydrogen-bond acceptors (Lipinski definition) is 8. The number of nitrogens with one attached hydrogen (secondary N) is 2. The molecule has 1 heterocycles. The Bertz CT molecular complexity index is 675. The van der Waals surface area contributed by atoms with Crippen molar-refractivity contribution in [3.05, 3.63) is 0 Å². The summed E-state index contributed by atoms with van der Waals surface area (Å²) < 4.78 is 0. The van der Waals surface area contributed by atoms with E-state index < -0.39 is 59.9 Å². The van der Waals surface area contributed by atoms with Gasteiger partial charge in [-0.15, -0.1) is 0 Å². The Morgan fingerprint density at radius 2 is 1.83 bits per heavy atom. The smallest absolute Gasteiger partial charge is 0.327 e. The maximum Gasteiger partial charge on any atom is 0.327 e. The predicted octanol–water partition coefficient (Wildman–Crippen LogP) is -3.06. The summed E-state index contributed by atoms with van der Waals surface area (Å²) >= 11 is 3.89. The molecule has 0 aromatic heterocycles. The lowest BCUT2D eigenvalue weighted by atomic mass is 10.1. The fourth-order valence-corrected chi connectivity index (χ4v) is 3.24. The van der Waals surface area contributed by atoms with Crippen molar-refractivity contribution >= 4 is 42.2 Å². The van der Waals surface area contributed by atoms with Gasteiger partial charge < -0.3 is 37.2 Å². The van der Waals surface area contributed by atoms with Gasteiger partial charge in [0.05, 0.1) is 6.10 Å². The maximum absolute atomic E-state index is 13.0. The Labute approximate surface area is 179 Å². The van der Waals surface area contributed by atoms with Gasteiger partial charge in [-0.2, -0.15) is 12.6 Å². The number of likely N-dealkylation sites (tertiary alicyclic amines) is 1. The molecule has 0 aromatic carbocycles. The van der Waals surface area contributed by atoms with Crippen molar-refractivity contribution in [2.75, 3.05) is 12.3 Å². The highest BCUT2D eigenvalue weighted by Gasteiger charge is 2.39. The number of carbonyl (C=O) groups excluding carboxylic acids is 4. The van der Waals surface area contributed by atoms with Crippen LogP contribution >= 0.6 is 12.6 Å².